The summed E-state index contributed by atoms with van der Waals surface area (Å²) in [6.07, 6.45) is 3.64. The molecule has 0 saturated carbocycles. The fraction of sp³-hybridized carbons (Fsp3) is 0.909. The quantitative estimate of drug-likeness (QED) is 0.709. The van der Waals surface area contributed by atoms with E-state index in [2.05, 4.69) is 0 Å². The Morgan fingerprint density at radius 1 is 1.67 bits per heavy atom. The van der Waals surface area contributed by atoms with E-state index in [4.69, 9.17) is 10.8 Å². The van der Waals surface area contributed by atoms with Crippen molar-refractivity contribution in [2.24, 2.45) is 11.7 Å². The van der Waals surface area contributed by atoms with Gasteiger partial charge in [-0.1, -0.05) is 6.92 Å². The predicted molar refractivity (Wildman–Crippen MR) is 59.3 cm³/mol. The zero-order chi connectivity index (χ0) is 11.3. The third kappa shape index (κ3) is 3.47. The van der Waals surface area contributed by atoms with Gasteiger partial charge in [-0.25, -0.2) is 0 Å². The molecule has 1 rings (SSSR count). The maximum Gasteiger partial charge on any atom is 0.239 e. The molecule has 3 N–H and O–H groups in total. The molecule has 1 unspecified atom stereocenters. The van der Waals surface area contributed by atoms with Gasteiger partial charge in [-0.05, 0) is 31.6 Å². The first-order valence-corrected chi connectivity index (χ1v) is 5.84. The third-order valence-electron chi connectivity index (χ3n) is 3.13. The predicted octanol–water partition coefficient (Wildman–Crippen LogP) is 0.345. The number of hydrogen-bond acceptors (Lipinski definition) is 3. The van der Waals surface area contributed by atoms with E-state index in [9.17, 15) is 4.79 Å². The summed E-state index contributed by atoms with van der Waals surface area (Å²) in [5, 5.41) is 8.87. The van der Waals surface area contributed by atoms with Gasteiger partial charge in [0, 0.05) is 19.7 Å². The van der Waals surface area contributed by atoms with Crippen molar-refractivity contribution in [3.8, 4) is 0 Å². The Bertz CT molecular complexity index is 207. The van der Waals surface area contributed by atoms with E-state index in [0.29, 0.717) is 12.3 Å². The molecule has 0 bridgehead atoms. The number of nitrogens with zero attached hydrogens (tertiary/aromatic N) is 1. The molecule has 2 atom stereocenters. The van der Waals surface area contributed by atoms with E-state index in [1.807, 2.05) is 11.8 Å². The molecule has 4 heteroatoms. The first-order valence-electron chi connectivity index (χ1n) is 5.84. The minimum absolute atomic E-state index is 0.0696. The Kier molecular flexibility index (Phi) is 5.05. The monoisotopic (exact) mass is 214 g/mol. The zero-order valence-corrected chi connectivity index (χ0v) is 9.48. The smallest absolute Gasteiger partial charge is 0.239 e. The van der Waals surface area contributed by atoms with Gasteiger partial charge >= 0.3 is 0 Å². The SMILES string of the molecule is CC[C@H](N)C(=O)N1CCCC(CCO)C1. The Hall–Kier alpha value is -0.610. The van der Waals surface area contributed by atoms with Crippen LogP contribution in [0.15, 0.2) is 0 Å². The summed E-state index contributed by atoms with van der Waals surface area (Å²) < 4.78 is 0. The van der Waals surface area contributed by atoms with E-state index in [-0.39, 0.29) is 18.6 Å². The number of piperidine rings is 1. The lowest BCUT2D eigenvalue weighted by Crippen LogP contribution is -2.47. The van der Waals surface area contributed by atoms with E-state index in [1.165, 1.54) is 0 Å². The number of likely N-dealkylation sites (tertiary alicyclic amines) is 1. The van der Waals surface area contributed by atoms with Gasteiger partial charge in [-0.2, -0.15) is 0 Å². The molecule has 15 heavy (non-hydrogen) atoms. The van der Waals surface area contributed by atoms with Crippen molar-refractivity contribution in [1.82, 2.24) is 4.90 Å². The van der Waals surface area contributed by atoms with Crippen LogP contribution in [0, 0.1) is 5.92 Å². The summed E-state index contributed by atoms with van der Waals surface area (Å²) in [5.74, 6) is 0.525. The highest BCUT2D eigenvalue weighted by atomic mass is 16.3. The highest BCUT2D eigenvalue weighted by Crippen LogP contribution is 2.19. The van der Waals surface area contributed by atoms with Crippen LogP contribution in [-0.2, 0) is 4.79 Å². The number of carbonyl (C=O) groups excluding carboxylic acids is 1. The van der Waals surface area contributed by atoms with Crippen LogP contribution in [0.5, 0.6) is 0 Å². The van der Waals surface area contributed by atoms with Gasteiger partial charge in [0.15, 0.2) is 0 Å². The van der Waals surface area contributed by atoms with Crippen molar-refractivity contribution >= 4 is 5.91 Å². The first-order chi connectivity index (χ1) is 7.19. The second-order valence-electron chi connectivity index (χ2n) is 4.32. The Balaban J connectivity index is 2.44. The molecule has 0 aliphatic carbocycles. The maximum atomic E-state index is 11.8. The van der Waals surface area contributed by atoms with Crippen LogP contribution < -0.4 is 5.73 Å². The van der Waals surface area contributed by atoms with Gasteiger partial charge in [0.2, 0.25) is 5.91 Å². The van der Waals surface area contributed by atoms with Crippen LogP contribution >= 0.6 is 0 Å². The molecule has 0 aromatic heterocycles. The molecule has 1 saturated heterocycles. The lowest BCUT2D eigenvalue weighted by molar-refractivity contribution is -0.134. The summed E-state index contributed by atoms with van der Waals surface area (Å²) in [6, 6.07) is -0.349. The molecule has 88 valence electrons. The second-order valence-corrected chi connectivity index (χ2v) is 4.32. The molecule has 0 aromatic rings. The highest BCUT2D eigenvalue weighted by molar-refractivity contribution is 5.81. The minimum atomic E-state index is -0.349. The van der Waals surface area contributed by atoms with E-state index in [0.717, 1.165) is 32.4 Å². The summed E-state index contributed by atoms with van der Waals surface area (Å²) in [5.41, 5.74) is 5.73. The van der Waals surface area contributed by atoms with E-state index >= 15 is 0 Å². The van der Waals surface area contributed by atoms with Crippen LogP contribution in [-0.4, -0.2) is 41.7 Å². The van der Waals surface area contributed by atoms with Crippen LogP contribution in [0.4, 0.5) is 0 Å². The second kappa shape index (κ2) is 6.08. The number of aliphatic hydroxyl groups is 1. The number of carbonyl (C=O) groups is 1. The van der Waals surface area contributed by atoms with Crippen LogP contribution in [0.3, 0.4) is 0 Å². The Labute approximate surface area is 91.4 Å². The molecule has 1 aliphatic heterocycles. The minimum Gasteiger partial charge on any atom is -0.396 e. The molecule has 0 radical (unpaired) electrons. The highest BCUT2D eigenvalue weighted by Gasteiger charge is 2.25. The lowest BCUT2D eigenvalue weighted by Gasteiger charge is -2.34. The molecule has 4 nitrogen and oxygen atoms in total. The summed E-state index contributed by atoms with van der Waals surface area (Å²) >= 11 is 0. The molecule has 0 aromatic carbocycles. The number of amides is 1. The standard InChI is InChI=1S/C11H22N2O2/c1-2-10(12)11(15)13-6-3-4-9(8-13)5-7-14/h9-10,14H,2-8,12H2,1H3/t9?,10-/m0/s1. The normalized spacial score (nSPS) is 23.9. The fourth-order valence-corrected chi connectivity index (χ4v) is 2.09. The number of hydrogen-bond donors (Lipinski definition) is 2. The summed E-state index contributed by atoms with van der Waals surface area (Å²) in [6.45, 7) is 3.74. The van der Waals surface area contributed by atoms with Crippen molar-refractivity contribution in [3.05, 3.63) is 0 Å². The molecular weight excluding hydrogens is 192 g/mol. The van der Waals surface area contributed by atoms with Gasteiger partial charge in [-0.15, -0.1) is 0 Å². The molecule has 1 fully saturated rings. The molecule has 1 aliphatic rings. The van der Waals surface area contributed by atoms with Gasteiger partial charge in [0.1, 0.15) is 0 Å². The van der Waals surface area contributed by atoms with Crippen LogP contribution in [0.1, 0.15) is 32.6 Å². The summed E-state index contributed by atoms with van der Waals surface area (Å²) in [4.78, 5) is 13.7. The lowest BCUT2D eigenvalue weighted by atomic mass is 9.94. The van der Waals surface area contributed by atoms with Crippen LogP contribution in [0.25, 0.3) is 0 Å². The number of nitrogens with two attached hydrogens (primary N) is 1. The largest absolute Gasteiger partial charge is 0.396 e. The van der Waals surface area contributed by atoms with Crippen molar-refractivity contribution in [2.45, 2.75) is 38.6 Å². The fourth-order valence-electron chi connectivity index (χ4n) is 2.09. The van der Waals surface area contributed by atoms with Gasteiger partial charge < -0.3 is 15.7 Å². The molecule has 1 amide bonds. The van der Waals surface area contributed by atoms with Crippen molar-refractivity contribution < 1.29 is 9.90 Å². The molecule has 0 spiro atoms. The van der Waals surface area contributed by atoms with E-state index in [1.54, 1.807) is 0 Å². The van der Waals surface area contributed by atoms with Crippen molar-refractivity contribution in [2.75, 3.05) is 19.7 Å². The summed E-state index contributed by atoms with van der Waals surface area (Å²) in [7, 11) is 0. The van der Waals surface area contributed by atoms with Crippen LogP contribution in [0.2, 0.25) is 0 Å². The van der Waals surface area contributed by atoms with Gasteiger partial charge in [0.05, 0.1) is 6.04 Å². The molecule has 1 heterocycles. The van der Waals surface area contributed by atoms with Gasteiger partial charge in [0.25, 0.3) is 0 Å². The third-order valence-corrected chi connectivity index (χ3v) is 3.13. The number of rotatable bonds is 4. The first kappa shape index (κ1) is 12.5. The Morgan fingerprint density at radius 3 is 3.00 bits per heavy atom. The van der Waals surface area contributed by atoms with Crippen molar-refractivity contribution in [1.29, 1.82) is 0 Å². The Morgan fingerprint density at radius 2 is 2.40 bits per heavy atom. The van der Waals surface area contributed by atoms with E-state index < -0.39 is 0 Å². The average molecular weight is 214 g/mol. The average Bonchev–Trinajstić information content (AvgIpc) is 2.28. The molecular formula is C11H22N2O2. The number of aliphatic hydroxyl groups excluding tert-OH is 1. The van der Waals surface area contributed by atoms with Crippen molar-refractivity contribution in [3.63, 3.8) is 0 Å². The maximum absolute atomic E-state index is 11.8. The van der Waals surface area contributed by atoms with Gasteiger partial charge in [-0.3, -0.25) is 4.79 Å². The topological polar surface area (TPSA) is 66.6 Å². The zero-order valence-electron chi connectivity index (χ0n) is 9.48.